The van der Waals surface area contributed by atoms with Gasteiger partial charge in [-0.05, 0) is 43.0 Å². The lowest BCUT2D eigenvalue weighted by atomic mass is 10.2. The van der Waals surface area contributed by atoms with Gasteiger partial charge in [0, 0.05) is 25.3 Å². The Hall–Kier alpha value is -3.10. The number of nitrogen functional groups attached to an aromatic ring is 1. The van der Waals surface area contributed by atoms with Gasteiger partial charge >= 0.3 is 5.69 Å². The van der Waals surface area contributed by atoms with Crippen LogP contribution in [0.2, 0.25) is 0 Å². The summed E-state index contributed by atoms with van der Waals surface area (Å²) in [6.45, 7) is 10.6. The van der Waals surface area contributed by atoms with Crippen molar-refractivity contribution in [3.05, 3.63) is 50.9 Å². The number of amides is 1. The fraction of sp³-hybridized carbons (Fsp3) is 0.500. The molecule has 2 rings (SSSR count). The zero-order chi connectivity index (χ0) is 23.3. The number of aromatic amines is 1. The maximum Gasteiger partial charge on any atom is 0.330 e. The van der Waals surface area contributed by atoms with Crippen molar-refractivity contribution in [2.24, 2.45) is 11.8 Å². The molecule has 170 valence electrons. The number of anilines is 3. The van der Waals surface area contributed by atoms with Gasteiger partial charge in [0.25, 0.3) is 5.56 Å². The Bertz CT molecular complexity index is 1010. The van der Waals surface area contributed by atoms with Crippen molar-refractivity contribution in [1.82, 2.24) is 9.55 Å². The molecule has 3 N–H and O–H groups in total. The number of nitrogens with zero attached hydrogens (tertiary/aromatic N) is 3. The molecule has 0 aliphatic carbocycles. The van der Waals surface area contributed by atoms with E-state index in [0.29, 0.717) is 18.8 Å². The molecule has 31 heavy (non-hydrogen) atoms. The van der Waals surface area contributed by atoms with E-state index in [4.69, 9.17) is 5.73 Å². The van der Waals surface area contributed by atoms with E-state index in [1.54, 1.807) is 17.0 Å². The van der Waals surface area contributed by atoms with Crippen LogP contribution in [0.15, 0.2) is 33.9 Å². The van der Waals surface area contributed by atoms with Gasteiger partial charge in [-0.15, -0.1) is 0 Å². The second-order valence-corrected chi connectivity index (χ2v) is 8.39. The zero-order valence-corrected chi connectivity index (χ0v) is 18.8. The van der Waals surface area contributed by atoms with Crippen molar-refractivity contribution in [2.75, 3.05) is 35.2 Å². The molecule has 0 spiro atoms. The molecule has 0 aliphatic rings. The topological polar surface area (TPSA) is 104 Å². The minimum Gasteiger partial charge on any atom is -0.383 e. The summed E-state index contributed by atoms with van der Waals surface area (Å²) in [7, 11) is 0. The predicted octanol–water partition coefficient (Wildman–Crippen LogP) is 2.43. The van der Waals surface area contributed by atoms with Gasteiger partial charge in [-0.1, -0.05) is 27.7 Å². The largest absolute Gasteiger partial charge is 0.383 e. The fourth-order valence-electron chi connectivity index (χ4n) is 3.35. The summed E-state index contributed by atoms with van der Waals surface area (Å²) in [5, 5.41) is 0. The van der Waals surface area contributed by atoms with Gasteiger partial charge in [-0.3, -0.25) is 19.1 Å². The van der Waals surface area contributed by atoms with Gasteiger partial charge in [0.05, 0.1) is 6.54 Å². The lowest BCUT2D eigenvalue weighted by Gasteiger charge is -2.30. The molecule has 1 amide bonds. The van der Waals surface area contributed by atoms with Gasteiger partial charge in [0.2, 0.25) is 5.91 Å². The summed E-state index contributed by atoms with van der Waals surface area (Å²) in [5.74, 6) is -0.566. The fourth-order valence-corrected chi connectivity index (χ4v) is 3.35. The van der Waals surface area contributed by atoms with E-state index in [-0.39, 0.29) is 48.2 Å². The number of benzene rings is 1. The second-order valence-electron chi connectivity index (χ2n) is 8.39. The van der Waals surface area contributed by atoms with Gasteiger partial charge in [0.1, 0.15) is 11.6 Å². The minimum atomic E-state index is -0.693. The molecule has 8 nitrogen and oxygen atoms in total. The molecule has 0 aliphatic heterocycles. The first-order valence-electron chi connectivity index (χ1n) is 10.5. The summed E-state index contributed by atoms with van der Waals surface area (Å²) in [4.78, 5) is 43.7. The maximum absolute atomic E-state index is 13.3. The van der Waals surface area contributed by atoms with Crippen LogP contribution in [0.5, 0.6) is 0 Å². The summed E-state index contributed by atoms with van der Waals surface area (Å²) < 4.78 is 14.6. The standard InChI is InChI=1S/C22H32FN5O3/c1-6-26(17-9-7-16(23)8-10-17)13-18(29)27(11-14(2)3)19-20(24)28(12-15(4)5)22(31)25-21(19)30/h7-10,14-15H,6,11-13,24H2,1-5H3,(H,25,30,31). The number of hydrogen-bond acceptors (Lipinski definition) is 5. The van der Waals surface area contributed by atoms with Crippen LogP contribution in [0.3, 0.4) is 0 Å². The molecule has 1 heterocycles. The molecule has 0 bridgehead atoms. The number of hydrogen-bond donors (Lipinski definition) is 2. The van der Waals surface area contributed by atoms with Crippen LogP contribution in [-0.4, -0.2) is 35.1 Å². The number of nitrogens with one attached hydrogen (secondary N) is 1. The van der Waals surface area contributed by atoms with E-state index in [1.165, 1.54) is 21.6 Å². The van der Waals surface area contributed by atoms with Crippen LogP contribution >= 0.6 is 0 Å². The Morgan fingerprint density at radius 3 is 2.26 bits per heavy atom. The number of H-pyrrole nitrogens is 1. The Morgan fingerprint density at radius 1 is 1.13 bits per heavy atom. The Morgan fingerprint density at radius 2 is 1.74 bits per heavy atom. The third-order valence-corrected chi connectivity index (χ3v) is 4.78. The average molecular weight is 434 g/mol. The van der Waals surface area contributed by atoms with Crippen molar-refractivity contribution in [1.29, 1.82) is 0 Å². The third kappa shape index (κ3) is 5.96. The van der Waals surface area contributed by atoms with Crippen LogP contribution in [0.4, 0.5) is 21.6 Å². The predicted molar refractivity (Wildman–Crippen MR) is 122 cm³/mol. The van der Waals surface area contributed by atoms with Crippen molar-refractivity contribution in [3.63, 3.8) is 0 Å². The first kappa shape index (κ1) is 24.2. The van der Waals surface area contributed by atoms with Crippen LogP contribution in [0.1, 0.15) is 34.6 Å². The number of halogens is 1. The molecule has 0 atom stereocenters. The van der Waals surface area contributed by atoms with Gasteiger partial charge in [-0.2, -0.15) is 0 Å². The van der Waals surface area contributed by atoms with E-state index in [9.17, 15) is 18.8 Å². The molecule has 1 aromatic heterocycles. The molecular weight excluding hydrogens is 401 g/mol. The molecule has 2 aromatic rings. The molecular formula is C22H32FN5O3. The highest BCUT2D eigenvalue weighted by Gasteiger charge is 2.26. The highest BCUT2D eigenvalue weighted by molar-refractivity contribution is 5.98. The van der Waals surface area contributed by atoms with E-state index in [2.05, 4.69) is 4.98 Å². The Labute approximate surface area is 181 Å². The lowest BCUT2D eigenvalue weighted by molar-refractivity contribution is -0.117. The minimum absolute atomic E-state index is 0.0193. The summed E-state index contributed by atoms with van der Waals surface area (Å²) in [5.41, 5.74) is 5.61. The molecule has 0 fully saturated rings. The van der Waals surface area contributed by atoms with Crippen LogP contribution in [-0.2, 0) is 11.3 Å². The van der Waals surface area contributed by atoms with Crippen molar-refractivity contribution < 1.29 is 9.18 Å². The van der Waals surface area contributed by atoms with Crippen molar-refractivity contribution in [2.45, 2.75) is 41.2 Å². The lowest BCUT2D eigenvalue weighted by Crippen LogP contribution is -2.46. The highest BCUT2D eigenvalue weighted by atomic mass is 19.1. The number of carbonyl (C=O) groups is 1. The third-order valence-electron chi connectivity index (χ3n) is 4.78. The number of likely N-dealkylation sites (N-methyl/N-ethyl adjacent to an activating group) is 1. The van der Waals surface area contributed by atoms with Crippen molar-refractivity contribution >= 4 is 23.1 Å². The first-order valence-corrected chi connectivity index (χ1v) is 10.5. The molecule has 0 radical (unpaired) electrons. The van der Waals surface area contributed by atoms with E-state index >= 15 is 0 Å². The monoisotopic (exact) mass is 433 g/mol. The van der Waals surface area contributed by atoms with Gasteiger partial charge in [0.15, 0.2) is 5.69 Å². The first-order chi connectivity index (χ1) is 14.5. The number of aromatic nitrogens is 2. The van der Waals surface area contributed by atoms with Crippen LogP contribution in [0.25, 0.3) is 0 Å². The summed E-state index contributed by atoms with van der Waals surface area (Å²) in [6, 6.07) is 5.86. The number of carbonyl (C=O) groups excluding carboxylic acids is 1. The van der Waals surface area contributed by atoms with Gasteiger partial charge in [-0.25, -0.2) is 9.18 Å². The van der Waals surface area contributed by atoms with Gasteiger partial charge < -0.3 is 15.5 Å². The van der Waals surface area contributed by atoms with E-state index in [1.807, 2.05) is 34.6 Å². The zero-order valence-electron chi connectivity index (χ0n) is 18.8. The molecule has 9 heteroatoms. The van der Waals surface area contributed by atoms with E-state index in [0.717, 1.165) is 0 Å². The summed E-state index contributed by atoms with van der Waals surface area (Å²) in [6.07, 6.45) is 0. The normalized spacial score (nSPS) is 11.2. The number of rotatable bonds is 9. The maximum atomic E-state index is 13.3. The van der Waals surface area contributed by atoms with Crippen LogP contribution < -0.4 is 26.8 Å². The molecule has 0 saturated carbocycles. The number of nitrogens with two attached hydrogens (primary N) is 1. The molecule has 0 unspecified atom stereocenters. The second kappa shape index (κ2) is 10.3. The SMILES string of the molecule is CCN(CC(=O)N(CC(C)C)c1c(N)n(CC(C)C)c(=O)[nH]c1=O)c1ccc(F)cc1. The summed E-state index contributed by atoms with van der Waals surface area (Å²) >= 11 is 0. The molecule has 0 saturated heterocycles. The van der Waals surface area contributed by atoms with Crippen LogP contribution in [0, 0.1) is 17.7 Å². The Kier molecular flexibility index (Phi) is 8.01. The smallest absolute Gasteiger partial charge is 0.330 e. The highest BCUT2D eigenvalue weighted by Crippen LogP contribution is 2.21. The quantitative estimate of drug-likeness (QED) is 0.632. The van der Waals surface area contributed by atoms with Crippen molar-refractivity contribution in [3.8, 4) is 0 Å². The molecule has 1 aromatic carbocycles. The van der Waals surface area contributed by atoms with E-state index < -0.39 is 11.2 Å². The average Bonchev–Trinajstić information content (AvgIpc) is 2.68. The Balaban J connectivity index is 2.47.